The third kappa shape index (κ3) is 3.12. The topological polar surface area (TPSA) is 9.23 Å². The minimum atomic E-state index is -0.259. The van der Waals surface area contributed by atoms with Crippen LogP contribution in [0.25, 0.3) is 54.9 Å². The van der Waals surface area contributed by atoms with Gasteiger partial charge in [0, 0.05) is 16.4 Å². The van der Waals surface area contributed by atoms with Crippen molar-refractivity contribution in [2.75, 3.05) is 0 Å². The average Bonchev–Trinajstić information content (AvgIpc) is 3.28. The molecule has 0 aromatic heterocycles. The Morgan fingerprint density at radius 1 is 0.439 bits per heavy atom. The highest BCUT2D eigenvalue weighted by Crippen LogP contribution is 2.54. The van der Waals surface area contributed by atoms with Crippen molar-refractivity contribution in [2.24, 2.45) is 0 Å². The predicted octanol–water partition coefficient (Wildman–Crippen LogP) is 10.8. The number of benzene rings is 7. The largest absolute Gasteiger partial charge is 0.456 e. The van der Waals surface area contributed by atoms with Crippen molar-refractivity contribution >= 4 is 21.5 Å². The smallest absolute Gasteiger partial charge is 0.135 e. The molecular weight excluding hydrogens is 496 g/mol. The molecule has 0 fully saturated rings. The van der Waals surface area contributed by atoms with Crippen molar-refractivity contribution in [3.05, 3.63) is 156 Å². The van der Waals surface area contributed by atoms with E-state index in [2.05, 4.69) is 146 Å². The summed E-state index contributed by atoms with van der Waals surface area (Å²) in [7, 11) is 0. The molecule has 41 heavy (non-hydrogen) atoms. The molecule has 1 nitrogen and oxygen atoms in total. The second kappa shape index (κ2) is 8.19. The van der Waals surface area contributed by atoms with Gasteiger partial charge in [0.15, 0.2) is 0 Å². The van der Waals surface area contributed by atoms with Crippen LogP contribution in [0.2, 0.25) is 0 Å². The molecule has 2 aliphatic rings. The summed E-state index contributed by atoms with van der Waals surface area (Å²) in [5, 5.41) is 4.96. The van der Waals surface area contributed by atoms with Gasteiger partial charge in [0.05, 0.1) is 0 Å². The molecule has 0 amide bonds. The minimum absolute atomic E-state index is 0.259. The Balaban J connectivity index is 1.23. The number of hydrogen-bond acceptors (Lipinski definition) is 1. The quantitative estimate of drug-likeness (QED) is 0.219. The average molecular weight is 523 g/mol. The maximum Gasteiger partial charge on any atom is 0.135 e. The molecule has 1 aliphatic heterocycles. The van der Waals surface area contributed by atoms with Crippen LogP contribution >= 0.6 is 0 Å². The lowest BCUT2D eigenvalue weighted by Crippen LogP contribution is -2.22. The summed E-state index contributed by atoms with van der Waals surface area (Å²) < 4.78 is 6.51. The van der Waals surface area contributed by atoms with E-state index < -0.39 is 0 Å². The molecule has 7 aromatic carbocycles. The lowest BCUT2D eigenvalue weighted by atomic mass is 9.73. The monoisotopic (exact) mass is 522 g/mol. The van der Waals surface area contributed by atoms with Crippen molar-refractivity contribution in [2.45, 2.75) is 12.3 Å². The summed E-state index contributed by atoms with van der Waals surface area (Å²) >= 11 is 0. The predicted molar refractivity (Wildman–Crippen MR) is 170 cm³/mol. The van der Waals surface area contributed by atoms with Crippen LogP contribution in [0.3, 0.4) is 0 Å². The lowest BCUT2D eigenvalue weighted by molar-refractivity contribution is 0.487. The van der Waals surface area contributed by atoms with Gasteiger partial charge in [-0.1, -0.05) is 103 Å². The Kier molecular flexibility index (Phi) is 4.52. The summed E-state index contributed by atoms with van der Waals surface area (Å²) in [6.07, 6.45) is 0. The Morgan fingerprint density at radius 2 is 1.10 bits per heavy atom. The lowest BCUT2D eigenvalue weighted by Gasteiger charge is -2.29. The van der Waals surface area contributed by atoms with Crippen molar-refractivity contribution in [1.29, 1.82) is 0 Å². The molecule has 0 saturated heterocycles. The van der Waals surface area contributed by atoms with Crippen LogP contribution in [-0.4, -0.2) is 0 Å². The van der Waals surface area contributed by atoms with E-state index in [0.29, 0.717) is 0 Å². The van der Waals surface area contributed by atoms with Crippen LogP contribution in [-0.2, 0) is 5.41 Å². The summed E-state index contributed by atoms with van der Waals surface area (Å²) in [6, 6.07) is 50.9. The Bertz CT molecular complexity index is 2180. The van der Waals surface area contributed by atoms with Gasteiger partial charge in [-0.15, -0.1) is 0 Å². The summed E-state index contributed by atoms with van der Waals surface area (Å²) in [6.45, 7) is 2.39. The minimum Gasteiger partial charge on any atom is -0.456 e. The first kappa shape index (κ1) is 22.7. The fraction of sp³-hybridized carbons (Fsp3) is 0.0500. The summed E-state index contributed by atoms with van der Waals surface area (Å²) in [4.78, 5) is 0. The van der Waals surface area contributed by atoms with E-state index in [1.54, 1.807) is 0 Å². The number of rotatable bonds is 2. The Hall–Kier alpha value is -5.14. The third-order valence-corrected chi connectivity index (χ3v) is 9.32. The van der Waals surface area contributed by atoms with Crippen LogP contribution in [0.15, 0.2) is 140 Å². The van der Waals surface area contributed by atoms with Crippen molar-refractivity contribution < 1.29 is 4.74 Å². The van der Waals surface area contributed by atoms with Crippen LogP contribution in [0.1, 0.15) is 23.6 Å². The Labute approximate surface area is 239 Å². The highest BCUT2D eigenvalue weighted by atomic mass is 16.5. The number of hydrogen-bond donors (Lipinski definition) is 0. The zero-order chi connectivity index (χ0) is 27.1. The van der Waals surface area contributed by atoms with Crippen molar-refractivity contribution in [3.63, 3.8) is 0 Å². The maximum atomic E-state index is 6.51. The van der Waals surface area contributed by atoms with Crippen LogP contribution in [0.5, 0.6) is 11.5 Å². The van der Waals surface area contributed by atoms with Crippen molar-refractivity contribution in [3.8, 4) is 44.9 Å². The van der Waals surface area contributed by atoms with E-state index in [9.17, 15) is 0 Å². The standard InChI is InChI=1S/C40H26O/c1-40(30-13-3-2-4-14-30)35-23-28(17-19-31(35)34-21-26-9-5-6-10-27(26)22-36(34)40)29-18-20-32-33-15-7-11-25-12-8-16-37(39(25)33)41-38(32)24-29/h2-24H,1H3. The molecule has 0 bridgehead atoms. The Morgan fingerprint density at radius 3 is 1.93 bits per heavy atom. The first-order valence-corrected chi connectivity index (χ1v) is 14.3. The molecule has 1 atom stereocenters. The zero-order valence-corrected chi connectivity index (χ0v) is 22.7. The fourth-order valence-electron chi connectivity index (χ4n) is 7.22. The van der Waals surface area contributed by atoms with Gasteiger partial charge in [0.1, 0.15) is 11.5 Å². The molecule has 7 aromatic rings. The van der Waals surface area contributed by atoms with Gasteiger partial charge >= 0.3 is 0 Å². The second-order valence-electron chi connectivity index (χ2n) is 11.5. The first-order chi connectivity index (χ1) is 20.2. The van der Waals surface area contributed by atoms with E-state index in [1.165, 1.54) is 60.5 Å². The fourth-order valence-corrected chi connectivity index (χ4v) is 7.22. The summed E-state index contributed by atoms with van der Waals surface area (Å²) in [5.41, 5.74) is 11.2. The SMILES string of the molecule is CC1(c2ccccc2)c2cc(-c3ccc4c(c3)Oc3cccc5cccc-4c35)ccc2-c2cc3ccccc3cc21. The molecule has 1 heteroatoms. The van der Waals surface area contributed by atoms with Crippen LogP contribution in [0, 0.1) is 0 Å². The molecule has 1 unspecified atom stereocenters. The van der Waals surface area contributed by atoms with E-state index in [4.69, 9.17) is 4.74 Å². The van der Waals surface area contributed by atoms with E-state index >= 15 is 0 Å². The van der Waals surface area contributed by atoms with Gasteiger partial charge in [-0.25, -0.2) is 0 Å². The molecule has 1 aliphatic carbocycles. The van der Waals surface area contributed by atoms with Gasteiger partial charge < -0.3 is 4.74 Å². The third-order valence-electron chi connectivity index (χ3n) is 9.32. The van der Waals surface area contributed by atoms with Crippen LogP contribution < -0.4 is 4.74 Å². The molecule has 0 radical (unpaired) electrons. The second-order valence-corrected chi connectivity index (χ2v) is 11.5. The normalized spacial score (nSPS) is 16.2. The highest BCUT2D eigenvalue weighted by Gasteiger charge is 2.41. The van der Waals surface area contributed by atoms with E-state index in [1.807, 2.05) is 0 Å². The number of ether oxygens (including phenoxy) is 1. The molecule has 0 N–H and O–H groups in total. The highest BCUT2D eigenvalue weighted by molar-refractivity contribution is 6.04. The van der Waals surface area contributed by atoms with Gasteiger partial charge in [-0.05, 0) is 104 Å². The van der Waals surface area contributed by atoms with Crippen LogP contribution in [0.4, 0.5) is 0 Å². The molecule has 0 spiro atoms. The first-order valence-electron chi connectivity index (χ1n) is 14.3. The van der Waals surface area contributed by atoms with E-state index in [0.717, 1.165) is 22.6 Å². The number of fused-ring (bicyclic) bond motifs is 6. The van der Waals surface area contributed by atoms with E-state index in [-0.39, 0.29) is 5.41 Å². The molecule has 9 rings (SSSR count). The molecular formula is C40H26O. The molecule has 1 heterocycles. The van der Waals surface area contributed by atoms with Gasteiger partial charge in [-0.2, -0.15) is 0 Å². The maximum absolute atomic E-state index is 6.51. The van der Waals surface area contributed by atoms with Gasteiger partial charge in [-0.3, -0.25) is 0 Å². The van der Waals surface area contributed by atoms with Gasteiger partial charge in [0.2, 0.25) is 0 Å². The van der Waals surface area contributed by atoms with Crippen molar-refractivity contribution in [1.82, 2.24) is 0 Å². The van der Waals surface area contributed by atoms with Gasteiger partial charge in [0.25, 0.3) is 0 Å². The molecule has 192 valence electrons. The zero-order valence-electron chi connectivity index (χ0n) is 22.7. The summed E-state index contributed by atoms with van der Waals surface area (Å²) in [5.74, 6) is 1.84. The molecule has 0 saturated carbocycles.